The van der Waals surface area contributed by atoms with Crippen LogP contribution in [0.5, 0.6) is 5.75 Å². The number of ether oxygens (including phenoxy) is 1. The largest absolute Gasteiger partial charge is 0.495 e. The molecule has 0 unspecified atom stereocenters. The Morgan fingerprint density at radius 1 is 1.06 bits per heavy atom. The number of aromatic nitrogens is 2. The molecule has 0 radical (unpaired) electrons. The highest BCUT2D eigenvalue weighted by atomic mass is 35.5. The van der Waals surface area contributed by atoms with Gasteiger partial charge in [-0.2, -0.15) is 0 Å². The van der Waals surface area contributed by atoms with E-state index >= 15 is 0 Å². The van der Waals surface area contributed by atoms with Gasteiger partial charge in [0.15, 0.2) is 0 Å². The molecule has 3 aromatic rings. The van der Waals surface area contributed by atoms with Crippen LogP contribution in [-0.2, 0) is 9.59 Å². The molecule has 1 aliphatic heterocycles. The number of benzene rings is 1. The lowest BCUT2D eigenvalue weighted by molar-refractivity contribution is -0.122. The molecule has 0 aliphatic carbocycles. The fourth-order valence-corrected chi connectivity index (χ4v) is 3.85. The molecule has 4 amide bonds. The number of amides is 4. The summed E-state index contributed by atoms with van der Waals surface area (Å²) in [6.07, 6.45) is 4.40. The number of imide groups is 2. The van der Waals surface area contributed by atoms with Crippen LogP contribution in [0.25, 0.3) is 11.8 Å². The van der Waals surface area contributed by atoms with Gasteiger partial charge in [-0.25, -0.2) is 9.69 Å². The minimum atomic E-state index is -0.808. The Hall–Kier alpha value is -3.91. The maximum Gasteiger partial charge on any atom is 0.335 e. The number of hydrogen-bond acceptors (Lipinski definition) is 5. The number of halogens is 1. The minimum absolute atomic E-state index is 0.153. The van der Waals surface area contributed by atoms with Crippen LogP contribution in [0, 0.1) is 13.8 Å². The first-order chi connectivity index (χ1) is 15.3. The van der Waals surface area contributed by atoms with Gasteiger partial charge in [-0.15, -0.1) is 0 Å². The summed E-state index contributed by atoms with van der Waals surface area (Å²) in [7, 11) is 1.57. The standard InChI is InChI=1S/C23H19ClN4O4/c1-13-10-15(14(2)27(13)19-12-16(24)4-5-20(19)32-3)11-18-21(29)26-23(31)28(22(18)30)17-6-8-25-9-7-17/h4-12H,1-3H3,(H,26,29,31)/b18-11+. The highest BCUT2D eigenvalue weighted by Crippen LogP contribution is 2.32. The van der Waals surface area contributed by atoms with Gasteiger partial charge in [0, 0.05) is 28.8 Å². The summed E-state index contributed by atoms with van der Waals surface area (Å²) in [5, 5.41) is 2.76. The van der Waals surface area contributed by atoms with Crippen LogP contribution in [0.2, 0.25) is 5.02 Å². The smallest absolute Gasteiger partial charge is 0.335 e. The van der Waals surface area contributed by atoms with Crippen molar-refractivity contribution in [3.05, 3.63) is 76.3 Å². The molecule has 0 atom stereocenters. The summed E-state index contributed by atoms with van der Waals surface area (Å²) in [6, 6.07) is 9.35. The van der Waals surface area contributed by atoms with Crippen molar-refractivity contribution >= 4 is 41.2 Å². The fourth-order valence-electron chi connectivity index (χ4n) is 3.68. The van der Waals surface area contributed by atoms with E-state index in [9.17, 15) is 14.4 Å². The third kappa shape index (κ3) is 3.65. The quantitative estimate of drug-likeness (QED) is 0.481. The number of nitrogens with one attached hydrogen (secondary N) is 1. The summed E-state index contributed by atoms with van der Waals surface area (Å²) in [6.45, 7) is 3.75. The molecule has 0 saturated carbocycles. The van der Waals surface area contributed by atoms with E-state index < -0.39 is 17.8 Å². The molecule has 1 aromatic carbocycles. The number of anilines is 1. The zero-order valence-electron chi connectivity index (χ0n) is 17.5. The van der Waals surface area contributed by atoms with E-state index in [0.717, 1.165) is 22.0 Å². The van der Waals surface area contributed by atoms with Crippen LogP contribution in [0.1, 0.15) is 17.0 Å². The summed E-state index contributed by atoms with van der Waals surface area (Å²) < 4.78 is 7.40. The number of nitrogens with zero attached hydrogens (tertiary/aromatic N) is 3. The molecule has 2 aromatic heterocycles. The summed E-state index contributed by atoms with van der Waals surface area (Å²) in [5.41, 5.74) is 3.15. The van der Waals surface area contributed by atoms with Crippen molar-refractivity contribution in [2.45, 2.75) is 13.8 Å². The molecule has 1 saturated heterocycles. The Bertz CT molecular complexity index is 1280. The molecule has 0 bridgehead atoms. The van der Waals surface area contributed by atoms with Crippen LogP contribution in [0.15, 0.2) is 54.4 Å². The lowest BCUT2D eigenvalue weighted by Gasteiger charge is -2.26. The summed E-state index contributed by atoms with van der Waals surface area (Å²) >= 11 is 6.20. The lowest BCUT2D eigenvalue weighted by Crippen LogP contribution is -2.54. The van der Waals surface area contributed by atoms with Crippen molar-refractivity contribution in [1.82, 2.24) is 14.9 Å². The van der Waals surface area contributed by atoms with E-state index in [4.69, 9.17) is 16.3 Å². The van der Waals surface area contributed by atoms with Gasteiger partial charge >= 0.3 is 6.03 Å². The van der Waals surface area contributed by atoms with E-state index in [1.807, 2.05) is 24.5 Å². The maximum atomic E-state index is 13.1. The first-order valence-electron chi connectivity index (χ1n) is 9.66. The number of carbonyl (C=O) groups excluding carboxylic acids is 3. The zero-order valence-corrected chi connectivity index (χ0v) is 18.3. The van der Waals surface area contributed by atoms with Gasteiger partial charge in [0.25, 0.3) is 11.8 Å². The van der Waals surface area contributed by atoms with Gasteiger partial charge in [-0.3, -0.25) is 19.9 Å². The lowest BCUT2D eigenvalue weighted by atomic mass is 10.1. The van der Waals surface area contributed by atoms with Crippen molar-refractivity contribution in [2.75, 3.05) is 12.0 Å². The molecule has 1 N–H and O–H groups in total. The maximum absolute atomic E-state index is 13.1. The van der Waals surface area contributed by atoms with Crippen molar-refractivity contribution < 1.29 is 19.1 Å². The van der Waals surface area contributed by atoms with Gasteiger partial charge in [0.05, 0.1) is 18.5 Å². The van der Waals surface area contributed by atoms with Crippen molar-refractivity contribution in [2.24, 2.45) is 0 Å². The molecule has 1 aliphatic rings. The normalized spacial score (nSPS) is 15.3. The number of urea groups is 1. The first kappa shape index (κ1) is 21.3. The second kappa shape index (κ2) is 8.32. The average molecular weight is 451 g/mol. The Morgan fingerprint density at radius 3 is 2.47 bits per heavy atom. The van der Waals surface area contributed by atoms with Gasteiger partial charge in [0.1, 0.15) is 11.3 Å². The predicted octanol–water partition coefficient (Wildman–Crippen LogP) is 3.82. The molecule has 8 nitrogen and oxygen atoms in total. The average Bonchev–Trinajstić information content (AvgIpc) is 3.04. The number of aryl methyl sites for hydroxylation is 1. The second-order valence-electron chi connectivity index (χ2n) is 7.14. The zero-order chi connectivity index (χ0) is 23.0. The molecule has 3 heterocycles. The van der Waals surface area contributed by atoms with Crippen LogP contribution in [-0.4, -0.2) is 34.5 Å². The Morgan fingerprint density at radius 2 is 1.78 bits per heavy atom. The summed E-state index contributed by atoms with van der Waals surface area (Å²) in [4.78, 5) is 42.7. The third-order valence-electron chi connectivity index (χ3n) is 5.17. The van der Waals surface area contributed by atoms with E-state index in [0.29, 0.717) is 22.0 Å². The van der Waals surface area contributed by atoms with Crippen molar-refractivity contribution in [3.8, 4) is 11.4 Å². The number of rotatable bonds is 4. The molecule has 1 fully saturated rings. The first-order valence-corrected chi connectivity index (χ1v) is 10.0. The van der Waals surface area contributed by atoms with Crippen molar-refractivity contribution in [1.29, 1.82) is 0 Å². The number of barbiturate groups is 1. The molecule has 32 heavy (non-hydrogen) atoms. The monoisotopic (exact) mass is 450 g/mol. The van der Waals surface area contributed by atoms with Gasteiger partial charge in [0.2, 0.25) is 0 Å². The van der Waals surface area contributed by atoms with Gasteiger partial charge in [-0.1, -0.05) is 11.6 Å². The fraction of sp³-hybridized carbons (Fsp3) is 0.130. The van der Waals surface area contributed by atoms with Crippen molar-refractivity contribution in [3.63, 3.8) is 0 Å². The van der Waals surface area contributed by atoms with E-state index in [1.54, 1.807) is 25.3 Å². The number of hydrogen-bond donors (Lipinski definition) is 1. The Labute approximate surface area is 189 Å². The SMILES string of the molecule is COc1ccc(Cl)cc1-n1c(C)cc(/C=C2\C(=O)NC(=O)N(c3ccncc3)C2=O)c1C. The molecule has 162 valence electrons. The van der Waals surface area contributed by atoms with Crippen LogP contribution >= 0.6 is 11.6 Å². The highest BCUT2D eigenvalue weighted by Gasteiger charge is 2.37. The third-order valence-corrected chi connectivity index (χ3v) is 5.41. The topological polar surface area (TPSA) is 93.5 Å². The molecular formula is C23H19ClN4O4. The number of methoxy groups -OCH3 is 1. The van der Waals surface area contributed by atoms with Crippen LogP contribution in [0.3, 0.4) is 0 Å². The van der Waals surface area contributed by atoms with Crippen LogP contribution in [0.4, 0.5) is 10.5 Å². The highest BCUT2D eigenvalue weighted by molar-refractivity contribution is 6.39. The summed E-state index contributed by atoms with van der Waals surface area (Å²) in [5.74, 6) is -0.845. The number of carbonyl (C=O) groups is 3. The molecule has 4 rings (SSSR count). The Kier molecular flexibility index (Phi) is 5.54. The molecule has 9 heteroatoms. The van der Waals surface area contributed by atoms with E-state index in [2.05, 4.69) is 10.3 Å². The number of pyridine rings is 1. The van der Waals surface area contributed by atoms with Crippen LogP contribution < -0.4 is 15.0 Å². The van der Waals surface area contributed by atoms with Gasteiger partial charge < -0.3 is 9.30 Å². The molecular weight excluding hydrogens is 432 g/mol. The second-order valence-corrected chi connectivity index (χ2v) is 7.58. The molecule has 0 spiro atoms. The predicted molar refractivity (Wildman–Crippen MR) is 120 cm³/mol. The van der Waals surface area contributed by atoms with Gasteiger partial charge in [-0.05, 0) is 61.9 Å². The Balaban J connectivity index is 1.80. The van der Waals surface area contributed by atoms with E-state index in [-0.39, 0.29) is 5.57 Å². The van der Waals surface area contributed by atoms with E-state index in [1.165, 1.54) is 30.6 Å². The minimum Gasteiger partial charge on any atom is -0.495 e.